The summed E-state index contributed by atoms with van der Waals surface area (Å²) in [5.74, 6) is 0. The van der Waals surface area contributed by atoms with Gasteiger partial charge in [-0.25, -0.2) is 0 Å². The van der Waals surface area contributed by atoms with Gasteiger partial charge >= 0.3 is 0 Å². The molecule has 1 N–H and O–H groups in total. The summed E-state index contributed by atoms with van der Waals surface area (Å²) in [5.41, 5.74) is 3.91. The quantitative estimate of drug-likeness (QED) is 0.921. The zero-order chi connectivity index (χ0) is 13.6. The second-order valence-corrected chi connectivity index (χ2v) is 5.19. The molecule has 1 aromatic carbocycles. The third-order valence-corrected chi connectivity index (χ3v) is 3.82. The molecular formula is C17H21N3. The van der Waals surface area contributed by atoms with Crippen LogP contribution in [0.4, 0.5) is 5.69 Å². The van der Waals surface area contributed by atoms with Gasteiger partial charge in [-0.1, -0.05) is 30.3 Å². The first-order valence-corrected chi connectivity index (χ1v) is 7.37. The summed E-state index contributed by atoms with van der Waals surface area (Å²) in [4.78, 5) is 7.06. The monoisotopic (exact) mass is 267 g/mol. The average molecular weight is 267 g/mol. The lowest BCUT2D eigenvalue weighted by atomic mass is 10.1. The topological polar surface area (TPSA) is 28.2 Å². The smallest absolute Gasteiger partial charge is 0.0640 e. The Labute approximate surface area is 120 Å². The Balaban J connectivity index is 1.72. The molecule has 0 amide bonds. The van der Waals surface area contributed by atoms with E-state index in [1.807, 2.05) is 12.3 Å². The minimum atomic E-state index is 1.00. The molecule has 3 rings (SSSR count). The molecule has 3 heteroatoms. The Bertz CT molecular complexity index is 533. The van der Waals surface area contributed by atoms with Crippen molar-refractivity contribution in [3.63, 3.8) is 0 Å². The van der Waals surface area contributed by atoms with Crippen LogP contribution in [0.15, 0.2) is 48.7 Å². The lowest BCUT2D eigenvalue weighted by Gasteiger charge is -2.30. The van der Waals surface area contributed by atoms with Crippen molar-refractivity contribution in [3.05, 3.63) is 59.9 Å². The first kappa shape index (κ1) is 13.1. The molecule has 104 valence electrons. The summed E-state index contributed by atoms with van der Waals surface area (Å²) in [7, 11) is 0. The van der Waals surface area contributed by atoms with Crippen LogP contribution >= 0.6 is 0 Å². The lowest BCUT2D eigenvalue weighted by Crippen LogP contribution is -2.44. The summed E-state index contributed by atoms with van der Waals surface area (Å²) in [6, 6.07) is 14.9. The number of hydrogen-bond acceptors (Lipinski definition) is 3. The molecule has 2 heterocycles. The largest absolute Gasteiger partial charge is 0.368 e. The number of aromatic nitrogens is 1. The van der Waals surface area contributed by atoms with Crippen molar-refractivity contribution in [1.29, 1.82) is 0 Å². The normalized spacial score (nSPS) is 15.3. The van der Waals surface area contributed by atoms with E-state index >= 15 is 0 Å². The van der Waals surface area contributed by atoms with E-state index in [-0.39, 0.29) is 0 Å². The maximum absolute atomic E-state index is 4.61. The van der Waals surface area contributed by atoms with Gasteiger partial charge in [0.15, 0.2) is 0 Å². The number of rotatable bonds is 4. The molecular weight excluding hydrogens is 246 g/mol. The van der Waals surface area contributed by atoms with Crippen molar-refractivity contribution in [3.8, 4) is 0 Å². The van der Waals surface area contributed by atoms with Crippen LogP contribution in [-0.2, 0) is 12.8 Å². The van der Waals surface area contributed by atoms with E-state index in [4.69, 9.17) is 0 Å². The molecule has 0 saturated carbocycles. The molecule has 20 heavy (non-hydrogen) atoms. The van der Waals surface area contributed by atoms with E-state index in [0.29, 0.717) is 0 Å². The van der Waals surface area contributed by atoms with Crippen molar-refractivity contribution >= 4 is 5.69 Å². The Morgan fingerprint density at radius 2 is 1.75 bits per heavy atom. The zero-order valence-electron chi connectivity index (χ0n) is 11.8. The second-order valence-electron chi connectivity index (χ2n) is 5.19. The molecule has 1 fully saturated rings. The predicted octanol–water partition coefficient (Wildman–Crippen LogP) is 2.28. The van der Waals surface area contributed by atoms with E-state index in [0.717, 1.165) is 39.0 Å². The van der Waals surface area contributed by atoms with Gasteiger partial charge in [-0.2, -0.15) is 0 Å². The first-order chi connectivity index (χ1) is 9.93. The van der Waals surface area contributed by atoms with Crippen molar-refractivity contribution in [1.82, 2.24) is 10.3 Å². The third-order valence-electron chi connectivity index (χ3n) is 3.82. The second kappa shape index (κ2) is 6.53. The van der Waals surface area contributed by atoms with Crippen LogP contribution in [-0.4, -0.2) is 31.2 Å². The van der Waals surface area contributed by atoms with Crippen molar-refractivity contribution < 1.29 is 0 Å². The fourth-order valence-corrected chi connectivity index (χ4v) is 2.72. The molecule has 0 unspecified atom stereocenters. The molecule has 0 aliphatic carbocycles. The number of anilines is 1. The number of pyridine rings is 1. The molecule has 0 bridgehead atoms. The number of nitrogens with one attached hydrogen (secondary N) is 1. The van der Waals surface area contributed by atoms with Crippen molar-refractivity contribution in [2.45, 2.75) is 12.8 Å². The van der Waals surface area contributed by atoms with Crippen LogP contribution < -0.4 is 10.2 Å². The Morgan fingerprint density at radius 3 is 2.55 bits per heavy atom. The highest BCUT2D eigenvalue weighted by Crippen LogP contribution is 2.20. The standard InChI is InChI=1S/C17H21N3/c1-2-5-15(6-3-1)8-9-16-17(7-4-10-19-16)20-13-11-18-12-14-20/h1-7,10,18H,8-9,11-14H2. The predicted molar refractivity (Wildman–Crippen MR) is 83.2 cm³/mol. The number of aryl methyl sites for hydroxylation is 2. The highest BCUT2D eigenvalue weighted by molar-refractivity contribution is 5.51. The van der Waals surface area contributed by atoms with Gasteiger partial charge in [0.05, 0.1) is 11.4 Å². The number of benzene rings is 1. The Hall–Kier alpha value is -1.87. The highest BCUT2D eigenvalue weighted by atomic mass is 15.2. The average Bonchev–Trinajstić information content (AvgIpc) is 2.55. The Kier molecular flexibility index (Phi) is 4.28. The molecule has 0 spiro atoms. The third kappa shape index (κ3) is 3.17. The fourth-order valence-electron chi connectivity index (χ4n) is 2.72. The van der Waals surface area contributed by atoms with Crippen LogP contribution in [0, 0.1) is 0 Å². The van der Waals surface area contributed by atoms with Gasteiger partial charge in [-0.05, 0) is 30.5 Å². The van der Waals surface area contributed by atoms with E-state index in [9.17, 15) is 0 Å². The van der Waals surface area contributed by atoms with Gasteiger partial charge in [-0.15, -0.1) is 0 Å². The summed E-state index contributed by atoms with van der Waals surface area (Å²) < 4.78 is 0. The van der Waals surface area contributed by atoms with Crippen LogP contribution in [0.25, 0.3) is 0 Å². The van der Waals surface area contributed by atoms with Gasteiger partial charge in [0.1, 0.15) is 0 Å². The van der Waals surface area contributed by atoms with Crippen molar-refractivity contribution in [2.24, 2.45) is 0 Å². The molecule has 3 nitrogen and oxygen atoms in total. The molecule has 1 aliphatic rings. The molecule has 1 saturated heterocycles. The summed E-state index contributed by atoms with van der Waals surface area (Å²) in [6.07, 6.45) is 3.97. The van der Waals surface area contributed by atoms with Crippen molar-refractivity contribution in [2.75, 3.05) is 31.1 Å². The Morgan fingerprint density at radius 1 is 0.950 bits per heavy atom. The van der Waals surface area contributed by atoms with E-state index in [1.54, 1.807) is 0 Å². The zero-order valence-corrected chi connectivity index (χ0v) is 11.8. The SMILES string of the molecule is c1ccc(CCc2ncccc2N2CCNCC2)cc1. The summed E-state index contributed by atoms with van der Waals surface area (Å²) in [5, 5.41) is 3.40. The van der Waals surface area contributed by atoms with Gasteiger partial charge < -0.3 is 10.2 Å². The minimum absolute atomic E-state index is 1.00. The fraction of sp³-hybridized carbons (Fsp3) is 0.353. The highest BCUT2D eigenvalue weighted by Gasteiger charge is 2.14. The maximum atomic E-state index is 4.61. The van der Waals surface area contributed by atoms with E-state index in [2.05, 4.69) is 51.6 Å². The number of nitrogens with zero attached hydrogens (tertiary/aromatic N) is 2. The molecule has 1 aromatic heterocycles. The maximum Gasteiger partial charge on any atom is 0.0640 e. The minimum Gasteiger partial charge on any atom is -0.368 e. The first-order valence-electron chi connectivity index (χ1n) is 7.37. The molecule has 2 aromatic rings. The number of hydrogen-bond donors (Lipinski definition) is 1. The molecule has 0 atom stereocenters. The van der Waals surface area contributed by atoms with Gasteiger partial charge in [0, 0.05) is 32.4 Å². The summed E-state index contributed by atoms with van der Waals surface area (Å²) >= 11 is 0. The van der Waals surface area contributed by atoms with Crippen LogP contribution in [0.1, 0.15) is 11.3 Å². The van der Waals surface area contributed by atoms with Crippen LogP contribution in [0.5, 0.6) is 0 Å². The lowest BCUT2D eigenvalue weighted by molar-refractivity contribution is 0.586. The molecule has 0 radical (unpaired) electrons. The van der Waals surface area contributed by atoms with Gasteiger partial charge in [-0.3, -0.25) is 4.98 Å². The van der Waals surface area contributed by atoms with E-state index < -0.39 is 0 Å². The van der Waals surface area contributed by atoms with Gasteiger partial charge in [0.25, 0.3) is 0 Å². The van der Waals surface area contributed by atoms with Crippen LogP contribution in [0.2, 0.25) is 0 Å². The number of piperazine rings is 1. The van der Waals surface area contributed by atoms with Crippen LogP contribution in [0.3, 0.4) is 0 Å². The molecule has 1 aliphatic heterocycles. The summed E-state index contributed by atoms with van der Waals surface area (Å²) in [6.45, 7) is 4.27. The van der Waals surface area contributed by atoms with E-state index in [1.165, 1.54) is 16.9 Å². The van der Waals surface area contributed by atoms with Gasteiger partial charge in [0.2, 0.25) is 0 Å².